The number of benzene rings is 1. The highest BCUT2D eigenvalue weighted by atomic mass is 79.9. The number of rotatable bonds is 3. The number of hydrogen-bond acceptors (Lipinski definition) is 2. The summed E-state index contributed by atoms with van der Waals surface area (Å²) in [6, 6.07) is 7.10. The topological polar surface area (TPSA) is 12.0 Å². The predicted octanol–water partition coefficient (Wildman–Crippen LogP) is 4.58. The number of thiophene rings is 1. The molecule has 1 unspecified atom stereocenters. The van der Waals surface area contributed by atoms with Crippen molar-refractivity contribution in [3.63, 3.8) is 0 Å². The summed E-state index contributed by atoms with van der Waals surface area (Å²) in [4.78, 5) is 2.42. The van der Waals surface area contributed by atoms with E-state index < -0.39 is 0 Å². The first-order valence-electron chi connectivity index (χ1n) is 5.72. The molecule has 1 aromatic heterocycles. The molecule has 18 heavy (non-hydrogen) atoms. The molecule has 0 spiro atoms. The zero-order chi connectivity index (χ0) is 13.3. The van der Waals surface area contributed by atoms with E-state index in [9.17, 15) is 4.39 Å². The third-order valence-electron chi connectivity index (χ3n) is 2.90. The van der Waals surface area contributed by atoms with Crippen molar-refractivity contribution in [3.8, 4) is 0 Å². The number of hydrogen-bond donors (Lipinski definition) is 1. The van der Waals surface area contributed by atoms with Gasteiger partial charge in [0.15, 0.2) is 0 Å². The lowest BCUT2D eigenvalue weighted by atomic mass is 10.0. The average Bonchev–Trinajstić information content (AvgIpc) is 2.64. The van der Waals surface area contributed by atoms with Crippen LogP contribution in [0, 0.1) is 19.7 Å². The molecular weight excluding hydrogens is 313 g/mol. The molecular formula is C14H15BrFNS. The molecule has 2 rings (SSSR count). The van der Waals surface area contributed by atoms with E-state index in [0.29, 0.717) is 5.56 Å². The minimum Gasteiger partial charge on any atom is -0.309 e. The fourth-order valence-corrected chi connectivity index (χ4v) is 3.65. The van der Waals surface area contributed by atoms with Crippen LogP contribution in [0.25, 0.3) is 0 Å². The molecule has 1 heterocycles. The fourth-order valence-electron chi connectivity index (χ4n) is 2.11. The average molecular weight is 328 g/mol. The van der Waals surface area contributed by atoms with Crippen LogP contribution in [0.15, 0.2) is 28.7 Å². The van der Waals surface area contributed by atoms with Gasteiger partial charge in [0.05, 0.1) is 6.04 Å². The predicted molar refractivity (Wildman–Crippen MR) is 78.8 cm³/mol. The Morgan fingerprint density at radius 3 is 2.56 bits per heavy atom. The first-order valence-corrected chi connectivity index (χ1v) is 7.33. The second-order valence-electron chi connectivity index (χ2n) is 4.29. The van der Waals surface area contributed by atoms with Gasteiger partial charge >= 0.3 is 0 Å². The SMILES string of the molecule is CNC(c1cc(Br)ccc1F)c1sc(C)cc1C. The van der Waals surface area contributed by atoms with E-state index in [0.717, 1.165) is 4.47 Å². The number of aryl methyl sites for hydroxylation is 2. The van der Waals surface area contributed by atoms with Crippen molar-refractivity contribution < 1.29 is 4.39 Å². The van der Waals surface area contributed by atoms with Gasteiger partial charge in [-0.25, -0.2) is 4.39 Å². The van der Waals surface area contributed by atoms with Gasteiger partial charge in [0.1, 0.15) is 5.82 Å². The molecule has 2 aromatic rings. The van der Waals surface area contributed by atoms with E-state index >= 15 is 0 Å². The minimum absolute atomic E-state index is 0.0961. The Morgan fingerprint density at radius 1 is 1.28 bits per heavy atom. The van der Waals surface area contributed by atoms with E-state index in [1.165, 1.54) is 21.4 Å². The van der Waals surface area contributed by atoms with Gasteiger partial charge in [-0.1, -0.05) is 15.9 Å². The van der Waals surface area contributed by atoms with Crippen molar-refractivity contribution >= 4 is 27.3 Å². The van der Waals surface area contributed by atoms with Crippen molar-refractivity contribution in [2.45, 2.75) is 19.9 Å². The molecule has 4 heteroatoms. The van der Waals surface area contributed by atoms with Crippen molar-refractivity contribution in [1.82, 2.24) is 5.32 Å². The summed E-state index contributed by atoms with van der Waals surface area (Å²) >= 11 is 5.11. The Morgan fingerprint density at radius 2 is 2.00 bits per heavy atom. The maximum Gasteiger partial charge on any atom is 0.128 e. The van der Waals surface area contributed by atoms with Crippen molar-refractivity contribution in [3.05, 3.63) is 55.4 Å². The van der Waals surface area contributed by atoms with Crippen molar-refractivity contribution in [2.24, 2.45) is 0 Å². The van der Waals surface area contributed by atoms with Gasteiger partial charge in [-0.05, 0) is 50.7 Å². The third-order valence-corrected chi connectivity index (χ3v) is 4.61. The normalized spacial score (nSPS) is 12.7. The largest absolute Gasteiger partial charge is 0.309 e. The summed E-state index contributed by atoms with van der Waals surface area (Å²) in [7, 11) is 1.86. The van der Waals surface area contributed by atoms with Crippen LogP contribution in [0.1, 0.15) is 26.9 Å². The lowest BCUT2D eigenvalue weighted by molar-refractivity contribution is 0.578. The van der Waals surface area contributed by atoms with Crippen LogP contribution in [0.4, 0.5) is 4.39 Å². The highest BCUT2D eigenvalue weighted by Gasteiger charge is 2.20. The number of halogens is 2. The van der Waals surface area contributed by atoms with Gasteiger partial charge in [0, 0.05) is 19.8 Å². The second-order valence-corrected chi connectivity index (χ2v) is 6.50. The summed E-state index contributed by atoms with van der Waals surface area (Å²) < 4.78 is 14.9. The molecule has 0 saturated carbocycles. The first kappa shape index (κ1) is 13.7. The lowest BCUT2D eigenvalue weighted by Crippen LogP contribution is -2.18. The van der Waals surface area contributed by atoms with E-state index in [1.807, 2.05) is 13.1 Å². The smallest absolute Gasteiger partial charge is 0.128 e. The molecule has 1 atom stereocenters. The summed E-state index contributed by atoms with van der Waals surface area (Å²) in [6.07, 6.45) is 0. The number of nitrogens with one attached hydrogen (secondary N) is 1. The Bertz CT molecular complexity index is 565. The minimum atomic E-state index is -0.178. The first-order chi connectivity index (χ1) is 8.52. The summed E-state index contributed by atoms with van der Waals surface area (Å²) in [5, 5.41) is 3.21. The van der Waals surface area contributed by atoms with E-state index in [4.69, 9.17) is 0 Å². The Hall–Kier alpha value is -0.710. The quantitative estimate of drug-likeness (QED) is 0.870. The summed E-state index contributed by atoms with van der Waals surface area (Å²) in [5.74, 6) is -0.178. The molecule has 1 aromatic carbocycles. The molecule has 0 saturated heterocycles. The highest BCUT2D eigenvalue weighted by Crippen LogP contribution is 2.33. The molecule has 0 aliphatic carbocycles. The third kappa shape index (κ3) is 2.66. The Balaban J connectivity index is 2.51. The van der Waals surface area contributed by atoms with Crippen LogP contribution in [-0.4, -0.2) is 7.05 Å². The highest BCUT2D eigenvalue weighted by molar-refractivity contribution is 9.10. The van der Waals surface area contributed by atoms with Gasteiger partial charge < -0.3 is 5.32 Å². The molecule has 96 valence electrons. The molecule has 0 fully saturated rings. The van der Waals surface area contributed by atoms with Crippen LogP contribution in [0.3, 0.4) is 0 Å². The standard InChI is InChI=1S/C14H15BrFNS/c1-8-6-9(2)18-14(8)13(17-3)11-7-10(15)4-5-12(11)16/h4-7,13,17H,1-3H3. The van der Waals surface area contributed by atoms with Crippen LogP contribution in [-0.2, 0) is 0 Å². The van der Waals surface area contributed by atoms with Gasteiger partial charge in [0.25, 0.3) is 0 Å². The molecule has 0 aliphatic heterocycles. The molecule has 0 bridgehead atoms. The molecule has 1 nitrogen and oxygen atoms in total. The van der Waals surface area contributed by atoms with Gasteiger partial charge in [0.2, 0.25) is 0 Å². The monoisotopic (exact) mass is 327 g/mol. The molecule has 0 radical (unpaired) electrons. The van der Waals surface area contributed by atoms with Crippen LogP contribution >= 0.6 is 27.3 Å². The zero-order valence-corrected chi connectivity index (χ0v) is 13.0. The van der Waals surface area contributed by atoms with Crippen molar-refractivity contribution in [2.75, 3.05) is 7.05 Å². The van der Waals surface area contributed by atoms with Crippen molar-refractivity contribution in [1.29, 1.82) is 0 Å². The van der Waals surface area contributed by atoms with Crippen LogP contribution in [0.2, 0.25) is 0 Å². The summed E-state index contributed by atoms with van der Waals surface area (Å²) in [6.45, 7) is 4.14. The second kappa shape index (κ2) is 5.51. The lowest BCUT2D eigenvalue weighted by Gasteiger charge is -2.17. The van der Waals surface area contributed by atoms with Crippen LogP contribution < -0.4 is 5.32 Å². The Labute approximate surface area is 119 Å². The zero-order valence-electron chi connectivity index (χ0n) is 10.6. The van der Waals surface area contributed by atoms with E-state index in [1.54, 1.807) is 17.4 Å². The molecule has 0 amide bonds. The maximum atomic E-state index is 14.0. The van der Waals surface area contributed by atoms with Gasteiger partial charge in [-0.15, -0.1) is 11.3 Å². The molecule has 0 aliphatic rings. The van der Waals surface area contributed by atoms with E-state index in [2.05, 4.69) is 41.2 Å². The Kier molecular flexibility index (Phi) is 4.20. The summed E-state index contributed by atoms with van der Waals surface area (Å²) in [5.41, 5.74) is 1.88. The van der Waals surface area contributed by atoms with E-state index in [-0.39, 0.29) is 11.9 Å². The molecule has 1 N–H and O–H groups in total. The van der Waals surface area contributed by atoms with Gasteiger partial charge in [-0.3, -0.25) is 0 Å². The fraction of sp³-hybridized carbons (Fsp3) is 0.286. The van der Waals surface area contributed by atoms with Crippen LogP contribution in [0.5, 0.6) is 0 Å². The maximum absolute atomic E-state index is 14.0. The van der Waals surface area contributed by atoms with Gasteiger partial charge in [-0.2, -0.15) is 0 Å².